The van der Waals surface area contributed by atoms with Gasteiger partial charge in [0.05, 0.1) is 11.3 Å². The van der Waals surface area contributed by atoms with Crippen molar-refractivity contribution < 1.29 is 13.2 Å². The molecule has 0 rings (SSSR count). The SMILES string of the molecule is CCNS(=O)(=O)CCNC(=O)C(N)(CC)CC. The van der Waals surface area contributed by atoms with Crippen molar-refractivity contribution in [2.45, 2.75) is 39.2 Å². The quantitative estimate of drug-likeness (QED) is 0.553. The first kappa shape index (κ1) is 16.3. The van der Waals surface area contributed by atoms with Gasteiger partial charge < -0.3 is 11.1 Å². The second kappa shape index (κ2) is 6.93. The van der Waals surface area contributed by atoms with Crippen LogP contribution in [0.5, 0.6) is 0 Å². The van der Waals surface area contributed by atoms with E-state index < -0.39 is 15.6 Å². The summed E-state index contributed by atoms with van der Waals surface area (Å²) in [6, 6.07) is 0. The zero-order chi connectivity index (χ0) is 13.5. The fourth-order valence-electron chi connectivity index (χ4n) is 1.34. The first-order valence-electron chi connectivity index (χ1n) is 5.85. The average molecular weight is 265 g/mol. The number of hydrogen-bond acceptors (Lipinski definition) is 4. The van der Waals surface area contributed by atoms with Gasteiger partial charge in [0.25, 0.3) is 0 Å². The minimum Gasteiger partial charge on any atom is -0.353 e. The maximum absolute atomic E-state index is 11.7. The molecule has 0 fully saturated rings. The maximum atomic E-state index is 11.7. The van der Waals surface area contributed by atoms with E-state index in [1.165, 1.54) is 0 Å². The van der Waals surface area contributed by atoms with E-state index in [4.69, 9.17) is 5.73 Å². The molecule has 0 heterocycles. The van der Waals surface area contributed by atoms with Crippen molar-refractivity contribution in [1.29, 1.82) is 0 Å². The predicted octanol–water partition coefficient (Wildman–Crippen LogP) is -0.441. The Hall–Kier alpha value is -0.660. The van der Waals surface area contributed by atoms with E-state index in [9.17, 15) is 13.2 Å². The lowest BCUT2D eigenvalue weighted by Gasteiger charge is -2.25. The third-order valence-corrected chi connectivity index (χ3v) is 4.20. The fourth-order valence-corrected chi connectivity index (χ4v) is 2.29. The zero-order valence-electron chi connectivity index (χ0n) is 10.7. The lowest BCUT2D eigenvalue weighted by molar-refractivity contribution is -0.126. The Labute approximate surface area is 103 Å². The van der Waals surface area contributed by atoms with Gasteiger partial charge in [0.15, 0.2) is 0 Å². The molecule has 0 radical (unpaired) electrons. The molecule has 0 bridgehead atoms. The highest BCUT2D eigenvalue weighted by molar-refractivity contribution is 7.89. The number of nitrogens with two attached hydrogens (primary N) is 1. The average Bonchev–Trinajstić information content (AvgIpc) is 2.27. The van der Waals surface area contributed by atoms with Gasteiger partial charge in [0.2, 0.25) is 15.9 Å². The fraction of sp³-hybridized carbons (Fsp3) is 0.900. The Bertz CT molecular complexity index is 337. The molecule has 0 unspecified atom stereocenters. The number of rotatable bonds is 8. The molecule has 7 heteroatoms. The second-order valence-corrected chi connectivity index (χ2v) is 5.86. The molecule has 0 saturated heterocycles. The van der Waals surface area contributed by atoms with Gasteiger partial charge in [-0.1, -0.05) is 20.8 Å². The zero-order valence-corrected chi connectivity index (χ0v) is 11.6. The topological polar surface area (TPSA) is 101 Å². The van der Waals surface area contributed by atoms with E-state index in [-0.39, 0.29) is 18.2 Å². The Balaban J connectivity index is 4.19. The third kappa shape index (κ3) is 5.47. The molecule has 0 aromatic heterocycles. The number of hydrogen-bond donors (Lipinski definition) is 3. The van der Waals surface area contributed by atoms with Crippen LogP contribution < -0.4 is 15.8 Å². The van der Waals surface area contributed by atoms with Crippen LogP contribution in [0.15, 0.2) is 0 Å². The lowest BCUT2D eigenvalue weighted by Crippen LogP contribution is -2.54. The molecule has 1 amide bonds. The molecular formula is C10H23N3O3S. The third-order valence-electron chi connectivity index (χ3n) is 2.73. The van der Waals surface area contributed by atoms with E-state index in [1.807, 2.05) is 13.8 Å². The summed E-state index contributed by atoms with van der Waals surface area (Å²) >= 11 is 0. The second-order valence-electron chi connectivity index (χ2n) is 3.94. The van der Waals surface area contributed by atoms with E-state index in [1.54, 1.807) is 6.92 Å². The number of nitrogens with one attached hydrogen (secondary N) is 2. The Morgan fingerprint density at radius 2 is 1.76 bits per heavy atom. The number of carbonyl (C=O) groups excluding carboxylic acids is 1. The number of amides is 1. The molecule has 0 aliphatic heterocycles. The summed E-state index contributed by atoms with van der Waals surface area (Å²) in [5.41, 5.74) is 4.97. The van der Waals surface area contributed by atoms with Crippen LogP contribution in [0, 0.1) is 0 Å². The molecular weight excluding hydrogens is 242 g/mol. The minimum atomic E-state index is -3.29. The number of sulfonamides is 1. The van der Waals surface area contributed by atoms with Gasteiger partial charge in [0, 0.05) is 13.1 Å². The monoisotopic (exact) mass is 265 g/mol. The van der Waals surface area contributed by atoms with Crippen molar-refractivity contribution in [3.05, 3.63) is 0 Å². The highest BCUT2D eigenvalue weighted by Crippen LogP contribution is 2.10. The van der Waals surface area contributed by atoms with Crippen molar-refractivity contribution in [3.8, 4) is 0 Å². The molecule has 6 nitrogen and oxygen atoms in total. The highest BCUT2D eigenvalue weighted by Gasteiger charge is 2.29. The largest absolute Gasteiger partial charge is 0.353 e. The van der Waals surface area contributed by atoms with Gasteiger partial charge in [0.1, 0.15) is 0 Å². The first-order valence-corrected chi connectivity index (χ1v) is 7.51. The van der Waals surface area contributed by atoms with E-state index in [0.717, 1.165) is 0 Å². The van der Waals surface area contributed by atoms with Crippen molar-refractivity contribution in [1.82, 2.24) is 10.0 Å². The van der Waals surface area contributed by atoms with Crippen molar-refractivity contribution in [2.75, 3.05) is 18.8 Å². The smallest absolute Gasteiger partial charge is 0.240 e. The lowest BCUT2D eigenvalue weighted by atomic mass is 9.93. The minimum absolute atomic E-state index is 0.0765. The Morgan fingerprint density at radius 3 is 2.18 bits per heavy atom. The van der Waals surface area contributed by atoms with Crippen molar-refractivity contribution >= 4 is 15.9 Å². The molecule has 0 atom stereocenters. The van der Waals surface area contributed by atoms with Gasteiger partial charge in [-0.15, -0.1) is 0 Å². The molecule has 17 heavy (non-hydrogen) atoms. The van der Waals surface area contributed by atoms with E-state index in [2.05, 4.69) is 10.0 Å². The van der Waals surface area contributed by atoms with Gasteiger partial charge >= 0.3 is 0 Å². The summed E-state index contributed by atoms with van der Waals surface area (Å²) in [5.74, 6) is -0.426. The van der Waals surface area contributed by atoms with Gasteiger partial charge in [-0.3, -0.25) is 4.79 Å². The Kier molecular flexibility index (Phi) is 6.66. The van der Waals surface area contributed by atoms with E-state index >= 15 is 0 Å². The van der Waals surface area contributed by atoms with Gasteiger partial charge in [-0.2, -0.15) is 0 Å². The predicted molar refractivity (Wildman–Crippen MR) is 68.0 cm³/mol. The van der Waals surface area contributed by atoms with Crippen LogP contribution in [0.2, 0.25) is 0 Å². The molecule has 0 saturated carbocycles. The van der Waals surface area contributed by atoms with E-state index in [0.29, 0.717) is 19.4 Å². The summed E-state index contributed by atoms with van der Waals surface area (Å²) in [6.07, 6.45) is 1.05. The molecule has 0 aliphatic carbocycles. The summed E-state index contributed by atoms with van der Waals surface area (Å²) in [5, 5.41) is 2.56. The summed E-state index contributed by atoms with van der Waals surface area (Å²) in [6.45, 7) is 5.79. The summed E-state index contributed by atoms with van der Waals surface area (Å²) in [7, 11) is -3.29. The highest BCUT2D eigenvalue weighted by atomic mass is 32.2. The molecule has 0 spiro atoms. The van der Waals surface area contributed by atoms with Crippen LogP contribution in [-0.4, -0.2) is 38.7 Å². The van der Waals surface area contributed by atoms with Crippen LogP contribution in [0.1, 0.15) is 33.6 Å². The molecule has 0 aromatic carbocycles. The molecule has 102 valence electrons. The molecule has 0 aliphatic rings. The van der Waals surface area contributed by atoms with Crippen LogP contribution in [0.25, 0.3) is 0 Å². The van der Waals surface area contributed by atoms with Crippen LogP contribution in [-0.2, 0) is 14.8 Å². The Morgan fingerprint density at radius 1 is 1.24 bits per heavy atom. The van der Waals surface area contributed by atoms with Crippen LogP contribution >= 0.6 is 0 Å². The van der Waals surface area contributed by atoms with Crippen LogP contribution in [0.4, 0.5) is 0 Å². The van der Waals surface area contributed by atoms with Gasteiger partial charge in [-0.05, 0) is 12.8 Å². The van der Waals surface area contributed by atoms with Crippen molar-refractivity contribution in [3.63, 3.8) is 0 Å². The summed E-state index contributed by atoms with van der Waals surface area (Å²) < 4.78 is 25.0. The standard InChI is InChI=1S/C10H23N3O3S/c1-4-10(11,5-2)9(14)12-7-8-17(15,16)13-6-3/h13H,4-8,11H2,1-3H3,(H,12,14). The molecule has 0 aromatic rings. The normalized spacial score (nSPS) is 12.5. The van der Waals surface area contributed by atoms with Crippen molar-refractivity contribution in [2.24, 2.45) is 5.73 Å². The van der Waals surface area contributed by atoms with Gasteiger partial charge in [-0.25, -0.2) is 13.1 Å². The maximum Gasteiger partial charge on any atom is 0.240 e. The van der Waals surface area contributed by atoms with Crippen LogP contribution in [0.3, 0.4) is 0 Å². The summed E-state index contributed by atoms with van der Waals surface area (Å²) in [4.78, 5) is 11.7. The first-order chi connectivity index (χ1) is 7.81. The molecule has 4 N–H and O–H groups in total. The number of carbonyl (C=O) groups is 1.